The highest BCUT2D eigenvalue weighted by Gasteiger charge is 2.23. The van der Waals surface area contributed by atoms with E-state index >= 15 is 0 Å². The molecule has 2 aromatic rings. The number of nitrogens with zero attached hydrogens (tertiary/aromatic N) is 2. The molecule has 1 unspecified atom stereocenters. The number of halogens is 3. The molecule has 0 bridgehead atoms. The van der Waals surface area contributed by atoms with Crippen molar-refractivity contribution < 1.29 is 0 Å². The van der Waals surface area contributed by atoms with Gasteiger partial charge >= 0.3 is 0 Å². The molecule has 1 aliphatic heterocycles. The zero-order chi connectivity index (χ0) is 10.1. The molecular weight excluding hydrogens is 295 g/mol. The largest absolute Gasteiger partial charge is 0.348 e. The zero-order valence-corrected chi connectivity index (χ0v) is 11.9. The van der Waals surface area contributed by atoms with E-state index in [2.05, 4.69) is 26.3 Å². The third kappa shape index (κ3) is 3.14. The minimum atomic E-state index is 0. The molecule has 0 fully saturated rings. The molecule has 4 nitrogen and oxygen atoms in total. The molecule has 2 N–H and O–H groups in total. The summed E-state index contributed by atoms with van der Waals surface area (Å²) in [7, 11) is 0. The summed E-state index contributed by atoms with van der Waals surface area (Å²) in [5.41, 5.74) is 3.52. The van der Waals surface area contributed by atoms with Gasteiger partial charge in [0.05, 0.1) is 18.1 Å². The van der Waals surface area contributed by atoms with Gasteiger partial charge in [0.15, 0.2) is 0 Å². The molecule has 0 aliphatic carbocycles. The van der Waals surface area contributed by atoms with E-state index in [1.807, 2.05) is 12.3 Å². The van der Waals surface area contributed by atoms with Gasteiger partial charge in [-0.1, -0.05) is 6.07 Å². The van der Waals surface area contributed by atoms with E-state index in [0.29, 0.717) is 0 Å². The highest BCUT2D eigenvalue weighted by molar-refractivity contribution is 5.86. The summed E-state index contributed by atoms with van der Waals surface area (Å²) in [5.74, 6) is 0. The van der Waals surface area contributed by atoms with Crippen molar-refractivity contribution in [1.82, 2.24) is 20.3 Å². The topological polar surface area (TPSA) is 53.6 Å². The molecule has 0 saturated heterocycles. The number of hydrogen-bond acceptors (Lipinski definition) is 3. The Bertz CT molecular complexity index is 460. The van der Waals surface area contributed by atoms with E-state index in [1.165, 1.54) is 11.3 Å². The lowest BCUT2D eigenvalue weighted by Crippen LogP contribution is -2.30. The standard InChI is InChI=1S/C11H12N4.3ClH/c1-2-8(6-12-4-1)10-11-9(3-5-13-10)14-7-15-11;;;/h1-2,4,6-7,10,13H,3,5H2,(H,14,15);3*1H. The highest BCUT2D eigenvalue weighted by Crippen LogP contribution is 2.25. The Labute approximate surface area is 124 Å². The van der Waals surface area contributed by atoms with E-state index in [9.17, 15) is 0 Å². The molecular formula is C11H15Cl3N4. The predicted molar refractivity (Wildman–Crippen MR) is 78.1 cm³/mol. The molecule has 1 aliphatic rings. The Balaban J connectivity index is 0.000000963. The van der Waals surface area contributed by atoms with Gasteiger partial charge in [0.2, 0.25) is 0 Å². The fourth-order valence-corrected chi connectivity index (χ4v) is 2.04. The van der Waals surface area contributed by atoms with E-state index in [-0.39, 0.29) is 43.3 Å². The van der Waals surface area contributed by atoms with Crippen LogP contribution in [0.1, 0.15) is 23.0 Å². The minimum Gasteiger partial charge on any atom is -0.348 e. The lowest BCUT2D eigenvalue weighted by atomic mass is 10.00. The molecule has 2 aromatic heterocycles. The lowest BCUT2D eigenvalue weighted by Gasteiger charge is -2.22. The fourth-order valence-electron chi connectivity index (χ4n) is 2.04. The first-order chi connectivity index (χ1) is 7.45. The first-order valence-corrected chi connectivity index (χ1v) is 5.10. The zero-order valence-electron chi connectivity index (χ0n) is 9.50. The van der Waals surface area contributed by atoms with Gasteiger partial charge in [-0.3, -0.25) is 4.98 Å². The number of H-pyrrole nitrogens is 1. The monoisotopic (exact) mass is 308 g/mol. The van der Waals surface area contributed by atoms with Crippen LogP contribution in [-0.2, 0) is 6.42 Å². The van der Waals surface area contributed by atoms with Crippen molar-refractivity contribution in [1.29, 1.82) is 0 Å². The van der Waals surface area contributed by atoms with Crippen LogP contribution in [0, 0.1) is 0 Å². The first kappa shape index (κ1) is 17.2. The summed E-state index contributed by atoms with van der Waals surface area (Å²) >= 11 is 0. The van der Waals surface area contributed by atoms with Crippen molar-refractivity contribution in [2.45, 2.75) is 12.5 Å². The average molecular weight is 310 g/mol. The quantitative estimate of drug-likeness (QED) is 0.850. The van der Waals surface area contributed by atoms with Crippen LogP contribution in [0.4, 0.5) is 0 Å². The van der Waals surface area contributed by atoms with Gasteiger partial charge < -0.3 is 10.3 Å². The second-order valence-corrected chi connectivity index (χ2v) is 3.69. The smallest absolute Gasteiger partial charge is 0.0926 e. The summed E-state index contributed by atoms with van der Waals surface area (Å²) in [6.45, 7) is 0.981. The Kier molecular flexibility index (Phi) is 7.25. The number of rotatable bonds is 1. The maximum atomic E-state index is 4.37. The predicted octanol–water partition coefficient (Wildman–Crippen LogP) is 2.31. The Morgan fingerprint density at radius 2 is 2.06 bits per heavy atom. The van der Waals surface area contributed by atoms with Crippen LogP contribution in [0.15, 0.2) is 30.9 Å². The van der Waals surface area contributed by atoms with Crippen molar-refractivity contribution in [2.75, 3.05) is 6.54 Å². The van der Waals surface area contributed by atoms with Gasteiger partial charge in [0.1, 0.15) is 0 Å². The van der Waals surface area contributed by atoms with Gasteiger partial charge in [-0.2, -0.15) is 0 Å². The Morgan fingerprint density at radius 3 is 2.78 bits per heavy atom. The molecule has 0 spiro atoms. The number of imidazole rings is 1. The minimum absolute atomic E-state index is 0. The van der Waals surface area contributed by atoms with Crippen molar-refractivity contribution in [2.24, 2.45) is 0 Å². The molecule has 100 valence electrons. The summed E-state index contributed by atoms with van der Waals surface area (Å²) < 4.78 is 0. The van der Waals surface area contributed by atoms with Crippen molar-refractivity contribution in [3.8, 4) is 0 Å². The molecule has 0 amide bonds. The maximum Gasteiger partial charge on any atom is 0.0926 e. The SMILES string of the molecule is Cl.Cl.Cl.c1cncc(C2NCCc3[nH]cnc32)c1. The lowest BCUT2D eigenvalue weighted by molar-refractivity contribution is 0.552. The second kappa shape index (κ2) is 7.59. The molecule has 7 heteroatoms. The molecule has 18 heavy (non-hydrogen) atoms. The molecule has 0 saturated carbocycles. The van der Waals surface area contributed by atoms with E-state index in [0.717, 1.165) is 18.7 Å². The van der Waals surface area contributed by atoms with Gasteiger partial charge in [-0.05, 0) is 11.6 Å². The van der Waals surface area contributed by atoms with Crippen molar-refractivity contribution >= 4 is 37.2 Å². The second-order valence-electron chi connectivity index (χ2n) is 3.69. The molecule has 0 aromatic carbocycles. The highest BCUT2D eigenvalue weighted by atomic mass is 35.5. The summed E-state index contributed by atoms with van der Waals surface area (Å²) in [6.07, 6.45) is 6.46. The van der Waals surface area contributed by atoms with Crippen LogP contribution >= 0.6 is 37.2 Å². The van der Waals surface area contributed by atoms with Crippen molar-refractivity contribution in [3.63, 3.8) is 0 Å². The summed E-state index contributed by atoms with van der Waals surface area (Å²) in [4.78, 5) is 11.7. The average Bonchev–Trinajstić information content (AvgIpc) is 2.78. The number of hydrogen-bond donors (Lipinski definition) is 2. The number of aromatic nitrogens is 3. The van der Waals surface area contributed by atoms with Gasteiger partial charge in [-0.25, -0.2) is 4.98 Å². The Morgan fingerprint density at radius 1 is 1.22 bits per heavy atom. The molecule has 1 atom stereocenters. The number of nitrogens with one attached hydrogen (secondary N) is 2. The van der Waals surface area contributed by atoms with Crippen LogP contribution in [0.2, 0.25) is 0 Å². The van der Waals surface area contributed by atoms with E-state index < -0.39 is 0 Å². The maximum absolute atomic E-state index is 4.37. The normalized spacial score (nSPS) is 16.6. The number of pyridine rings is 1. The first-order valence-electron chi connectivity index (χ1n) is 5.10. The van der Waals surface area contributed by atoms with Crippen LogP contribution < -0.4 is 5.32 Å². The Hall–Kier alpha value is -0.810. The summed E-state index contributed by atoms with van der Waals surface area (Å²) in [6, 6.07) is 4.22. The van der Waals surface area contributed by atoms with Crippen molar-refractivity contribution in [3.05, 3.63) is 47.8 Å². The van der Waals surface area contributed by atoms with E-state index in [1.54, 1.807) is 12.5 Å². The van der Waals surface area contributed by atoms with Crippen LogP contribution in [0.3, 0.4) is 0 Å². The third-order valence-electron chi connectivity index (χ3n) is 2.77. The van der Waals surface area contributed by atoms with Crippen LogP contribution in [0.25, 0.3) is 0 Å². The number of fused-ring (bicyclic) bond motifs is 1. The van der Waals surface area contributed by atoms with Gasteiger partial charge in [-0.15, -0.1) is 37.2 Å². The number of aromatic amines is 1. The molecule has 3 heterocycles. The third-order valence-corrected chi connectivity index (χ3v) is 2.77. The fraction of sp³-hybridized carbons (Fsp3) is 0.273. The van der Waals surface area contributed by atoms with Crippen LogP contribution in [0.5, 0.6) is 0 Å². The molecule has 0 radical (unpaired) electrons. The van der Waals surface area contributed by atoms with Gasteiger partial charge in [0, 0.05) is 31.1 Å². The van der Waals surface area contributed by atoms with Crippen LogP contribution in [-0.4, -0.2) is 21.5 Å². The summed E-state index contributed by atoms with van der Waals surface area (Å²) in [5, 5.41) is 3.46. The van der Waals surface area contributed by atoms with Gasteiger partial charge in [0.25, 0.3) is 0 Å². The van der Waals surface area contributed by atoms with E-state index in [4.69, 9.17) is 0 Å². The molecule has 3 rings (SSSR count).